The van der Waals surface area contributed by atoms with Gasteiger partial charge in [0.25, 0.3) is 0 Å². The van der Waals surface area contributed by atoms with Crippen molar-refractivity contribution in [2.24, 2.45) is 0 Å². The number of aliphatic hydroxyl groups is 2. The Morgan fingerprint density at radius 2 is 1.85 bits per heavy atom. The van der Waals surface area contributed by atoms with Crippen LogP contribution < -0.4 is 0 Å². The molecule has 0 aliphatic heterocycles. The van der Waals surface area contributed by atoms with Gasteiger partial charge in [0.05, 0.1) is 12.7 Å². The monoisotopic (exact) mass is 180 g/mol. The maximum absolute atomic E-state index is 9.56. The molecular weight excluding hydrogens is 164 g/mol. The van der Waals surface area contributed by atoms with Gasteiger partial charge >= 0.3 is 0 Å². The molecule has 1 aromatic carbocycles. The summed E-state index contributed by atoms with van der Waals surface area (Å²) in [6.07, 6.45) is -0.556. The highest BCUT2D eigenvalue weighted by Gasteiger charge is 2.30. The number of hydrogen-bond donors (Lipinski definition) is 2. The molecule has 0 aromatic heterocycles. The van der Waals surface area contributed by atoms with Crippen LogP contribution >= 0.6 is 0 Å². The van der Waals surface area contributed by atoms with Crippen LogP contribution in [-0.4, -0.2) is 22.9 Å². The Labute approximate surface area is 78.8 Å². The van der Waals surface area contributed by atoms with Crippen LogP contribution in [0.25, 0.3) is 0 Å². The van der Waals surface area contributed by atoms with Gasteiger partial charge in [-0.1, -0.05) is 37.3 Å². The van der Waals surface area contributed by atoms with Crippen LogP contribution in [0.5, 0.6) is 0 Å². The van der Waals surface area contributed by atoms with E-state index in [0.717, 1.165) is 5.56 Å². The first-order valence-electron chi connectivity index (χ1n) is 4.45. The first-order valence-corrected chi connectivity index (χ1v) is 4.45. The van der Waals surface area contributed by atoms with E-state index in [1.807, 2.05) is 37.3 Å². The van der Waals surface area contributed by atoms with E-state index in [2.05, 4.69) is 0 Å². The first kappa shape index (κ1) is 10.2. The molecular formula is C11H16O2. The Kier molecular flexibility index (Phi) is 3.07. The zero-order valence-electron chi connectivity index (χ0n) is 8.07. The number of aliphatic hydroxyl groups excluding tert-OH is 2. The fraction of sp³-hybridized carbons (Fsp3) is 0.455. The first-order chi connectivity index (χ1) is 6.11. The molecule has 0 aliphatic carbocycles. The van der Waals surface area contributed by atoms with Crippen LogP contribution in [0.1, 0.15) is 19.4 Å². The Morgan fingerprint density at radius 3 is 2.23 bits per heavy atom. The third-order valence-corrected chi connectivity index (χ3v) is 2.68. The molecule has 2 nitrogen and oxygen atoms in total. The maximum Gasteiger partial charge on any atom is 0.0628 e. The van der Waals surface area contributed by atoms with Gasteiger partial charge in [-0.05, 0) is 12.5 Å². The summed E-state index contributed by atoms with van der Waals surface area (Å²) in [5.74, 6) is 0. The van der Waals surface area contributed by atoms with Crippen LogP contribution in [0.2, 0.25) is 0 Å². The van der Waals surface area contributed by atoms with Crippen molar-refractivity contribution in [2.75, 3.05) is 6.61 Å². The van der Waals surface area contributed by atoms with Gasteiger partial charge in [-0.15, -0.1) is 0 Å². The molecule has 0 unspecified atom stereocenters. The van der Waals surface area contributed by atoms with E-state index in [-0.39, 0.29) is 6.61 Å². The summed E-state index contributed by atoms with van der Waals surface area (Å²) >= 11 is 0. The molecule has 13 heavy (non-hydrogen) atoms. The van der Waals surface area contributed by atoms with Crippen molar-refractivity contribution in [3.63, 3.8) is 0 Å². The third-order valence-electron chi connectivity index (χ3n) is 2.68. The van der Waals surface area contributed by atoms with Gasteiger partial charge in [0.2, 0.25) is 0 Å². The Hall–Kier alpha value is -0.860. The second kappa shape index (κ2) is 3.90. The van der Waals surface area contributed by atoms with Crippen LogP contribution in [0.15, 0.2) is 30.3 Å². The average molecular weight is 180 g/mol. The predicted molar refractivity (Wildman–Crippen MR) is 52.6 cm³/mol. The van der Waals surface area contributed by atoms with Gasteiger partial charge in [0.1, 0.15) is 0 Å². The van der Waals surface area contributed by atoms with Crippen molar-refractivity contribution in [1.82, 2.24) is 0 Å². The van der Waals surface area contributed by atoms with Crippen LogP contribution in [0.4, 0.5) is 0 Å². The average Bonchev–Trinajstić information content (AvgIpc) is 2.17. The summed E-state index contributed by atoms with van der Waals surface area (Å²) in [5, 5.41) is 18.8. The Morgan fingerprint density at radius 1 is 1.31 bits per heavy atom. The molecule has 2 heteroatoms. The quantitative estimate of drug-likeness (QED) is 0.736. The lowest BCUT2D eigenvalue weighted by Gasteiger charge is -2.30. The fourth-order valence-electron chi connectivity index (χ4n) is 1.28. The van der Waals surface area contributed by atoms with Gasteiger partial charge in [-0.3, -0.25) is 0 Å². The van der Waals surface area contributed by atoms with Crippen molar-refractivity contribution < 1.29 is 10.2 Å². The molecule has 0 saturated heterocycles. The maximum atomic E-state index is 9.56. The minimum absolute atomic E-state index is 0.0469. The van der Waals surface area contributed by atoms with E-state index >= 15 is 0 Å². The Balaban J connectivity index is 3.03. The third kappa shape index (κ3) is 1.90. The van der Waals surface area contributed by atoms with E-state index in [4.69, 9.17) is 0 Å². The number of benzene rings is 1. The van der Waals surface area contributed by atoms with Crippen LogP contribution in [0, 0.1) is 0 Å². The lowest BCUT2D eigenvalue weighted by molar-refractivity contribution is 0.0614. The Bertz CT molecular complexity index is 256. The van der Waals surface area contributed by atoms with Crippen molar-refractivity contribution in [2.45, 2.75) is 25.4 Å². The molecule has 72 valence electrons. The highest BCUT2D eigenvalue weighted by atomic mass is 16.3. The van der Waals surface area contributed by atoms with Crippen molar-refractivity contribution >= 4 is 0 Å². The smallest absolute Gasteiger partial charge is 0.0628 e. The molecule has 1 rings (SSSR count). The van der Waals surface area contributed by atoms with Gasteiger partial charge in [-0.2, -0.15) is 0 Å². The topological polar surface area (TPSA) is 40.5 Å². The van der Waals surface area contributed by atoms with E-state index in [1.165, 1.54) is 0 Å². The predicted octanol–water partition coefficient (Wildman–Crippen LogP) is 1.32. The molecule has 0 spiro atoms. The van der Waals surface area contributed by atoms with Gasteiger partial charge in [0.15, 0.2) is 0 Å². The van der Waals surface area contributed by atoms with Crippen molar-refractivity contribution in [1.29, 1.82) is 0 Å². The molecule has 2 atom stereocenters. The van der Waals surface area contributed by atoms with Crippen molar-refractivity contribution in [3.8, 4) is 0 Å². The summed E-state index contributed by atoms with van der Waals surface area (Å²) in [6.45, 7) is 3.50. The SMILES string of the molecule is C[C@H](O)[C@@](C)(CO)c1ccccc1. The molecule has 0 amide bonds. The van der Waals surface area contributed by atoms with E-state index in [9.17, 15) is 10.2 Å². The molecule has 2 N–H and O–H groups in total. The molecule has 0 heterocycles. The molecule has 0 aliphatic rings. The van der Waals surface area contributed by atoms with Crippen LogP contribution in [0.3, 0.4) is 0 Å². The molecule has 1 aromatic rings. The summed E-state index contributed by atoms with van der Waals surface area (Å²) in [5.41, 5.74) is 0.411. The largest absolute Gasteiger partial charge is 0.395 e. The van der Waals surface area contributed by atoms with Gasteiger partial charge in [-0.25, -0.2) is 0 Å². The summed E-state index contributed by atoms with van der Waals surface area (Å²) in [7, 11) is 0. The highest BCUT2D eigenvalue weighted by molar-refractivity contribution is 5.25. The molecule has 0 saturated carbocycles. The standard InChI is InChI=1S/C11H16O2/c1-9(13)11(2,8-12)10-6-4-3-5-7-10/h3-7,9,12-13H,8H2,1-2H3/t9-,11+/m0/s1. The zero-order chi connectivity index (χ0) is 9.90. The molecule has 0 radical (unpaired) electrons. The summed E-state index contributed by atoms with van der Waals surface area (Å²) < 4.78 is 0. The van der Waals surface area contributed by atoms with Gasteiger partial charge < -0.3 is 10.2 Å². The number of hydrogen-bond acceptors (Lipinski definition) is 2. The van der Waals surface area contributed by atoms with Crippen molar-refractivity contribution in [3.05, 3.63) is 35.9 Å². The summed E-state index contributed by atoms with van der Waals surface area (Å²) in [6, 6.07) is 9.58. The molecule has 0 fully saturated rings. The van der Waals surface area contributed by atoms with E-state index < -0.39 is 11.5 Å². The number of rotatable bonds is 3. The lowest BCUT2D eigenvalue weighted by atomic mass is 9.79. The van der Waals surface area contributed by atoms with Gasteiger partial charge in [0, 0.05) is 5.41 Å². The second-order valence-electron chi connectivity index (χ2n) is 3.62. The van der Waals surface area contributed by atoms with Crippen LogP contribution in [-0.2, 0) is 5.41 Å². The summed E-state index contributed by atoms with van der Waals surface area (Å²) in [4.78, 5) is 0. The fourth-order valence-corrected chi connectivity index (χ4v) is 1.28. The lowest BCUT2D eigenvalue weighted by Crippen LogP contribution is -2.38. The minimum Gasteiger partial charge on any atom is -0.395 e. The minimum atomic E-state index is -0.556. The van der Waals surface area contributed by atoms with E-state index in [0.29, 0.717) is 0 Å². The van der Waals surface area contributed by atoms with E-state index in [1.54, 1.807) is 6.92 Å². The second-order valence-corrected chi connectivity index (χ2v) is 3.62. The molecule has 0 bridgehead atoms. The normalized spacial score (nSPS) is 17.8. The highest BCUT2D eigenvalue weighted by Crippen LogP contribution is 2.26. The zero-order valence-corrected chi connectivity index (χ0v) is 8.07.